The Balaban J connectivity index is 1.61. The number of rotatable bonds is 5. The van der Waals surface area contributed by atoms with Crippen molar-refractivity contribution in [1.29, 1.82) is 0 Å². The largest absolute Gasteiger partial charge is 0.416 e. The Hall–Kier alpha value is -2.94. The first-order valence-electron chi connectivity index (χ1n) is 8.71. The number of alkyl halides is 3. The Morgan fingerprint density at radius 3 is 2.59 bits per heavy atom. The molecule has 0 spiro atoms. The number of para-hydroxylation sites is 1. The predicted molar refractivity (Wildman–Crippen MR) is 102 cm³/mol. The van der Waals surface area contributed by atoms with E-state index in [1.165, 1.54) is 10.8 Å². The van der Waals surface area contributed by atoms with Crippen LogP contribution in [0, 0.1) is 0 Å². The molecule has 1 aromatic heterocycles. The highest BCUT2D eigenvalue weighted by molar-refractivity contribution is 8.15. The van der Waals surface area contributed by atoms with Crippen molar-refractivity contribution in [2.45, 2.75) is 24.5 Å². The number of carbonyl (C=O) groups is 2. The molecule has 4 rings (SSSR count). The van der Waals surface area contributed by atoms with E-state index in [0.717, 1.165) is 34.8 Å². The smallest absolute Gasteiger partial charge is 0.409 e. The predicted octanol–water partition coefficient (Wildman–Crippen LogP) is 4.18. The van der Waals surface area contributed by atoms with E-state index >= 15 is 0 Å². The number of nitrogens with one attached hydrogen (secondary N) is 1. The Kier molecular flexibility index (Phi) is 4.99. The molecule has 3 aromatic rings. The van der Waals surface area contributed by atoms with Crippen LogP contribution in [-0.4, -0.2) is 21.1 Å². The molecule has 0 bridgehead atoms. The highest BCUT2D eigenvalue weighted by Gasteiger charge is 2.33. The summed E-state index contributed by atoms with van der Waals surface area (Å²) in [6.45, 7) is -0.0848. The number of carbonyl (C=O) groups excluding carboxylic acids is 2. The van der Waals surface area contributed by atoms with E-state index in [9.17, 15) is 22.8 Å². The third-order valence-electron chi connectivity index (χ3n) is 4.51. The summed E-state index contributed by atoms with van der Waals surface area (Å²) >= 11 is 0.913. The number of aromatic nitrogens is 1. The Bertz CT molecular complexity index is 1090. The van der Waals surface area contributed by atoms with Crippen LogP contribution in [0.4, 0.5) is 18.0 Å². The minimum Gasteiger partial charge on any atom is -0.409 e. The molecule has 2 aromatic carbocycles. The SMILES string of the molecule is O=C1NC(=O)C(Cc2cc3ccccc3n2OCc2cccc(C(F)(F)F)c2)S1. The van der Waals surface area contributed by atoms with Gasteiger partial charge in [0.05, 0.1) is 22.0 Å². The van der Waals surface area contributed by atoms with Gasteiger partial charge >= 0.3 is 6.18 Å². The van der Waals surface area contributed by atoms with Crippen molar-refractivity contribution in [2.24, 2.45) is 0 Å². The molecule has 0 saturated carbocycles. The number of amides is 2. The zero-order valence-electron chi connectivity index (χ0n) is 14.9. The van der Waals surface area contributed by atoms with Crippen molar-refractivity contribution in [3.63, 3.8) is 0 Å². The van der Waals surface area contributed by atoms with Crippen LogP contribution in [0.1, 0.15) is 16.8 Å². The summed E-state index contributed by atoms with van der Waals surface area (Å²) in [7, 11) is 0. The number of hydrogen-bond acceptors (Lipinski definition) is 4. The lowest BCUT2D eigenvalue weighted by molar-refractivity contribution is -0.137. The third kappa shape index (κ3) is 4.09. The van der Waals surface area contributed by atoms with E-state index in [4.69, 9.17) is 4.84 Å². The van der Waals surface area contributed by atoms with Gasteiger partial charge in [-0.05, 0) is 29.8 Å². The number of nitrogens with zero attached hydrogens (tertiary/aromatic N) is 1. The zero-order chi connectivity index (χ0) is 20.6. The lowest BCUT2D eigenvalue weighted by Crippen LogP contribution is -2.26. The number of imide groups is 1. The van der Waals surface area contributed by atoms with Crippen LogP contribution in [0.3, 0.4) is 0 Å². The first kappa shape index (κ1) is 19.4. The number of benzene rings is 2. The molecule has 1 aliphatic rings. The average molecular weight is 420 g/mol. The van der Waals surface area contributed by atoms with Crippen molar-refractivity contribution in [3.05, 3.63) is 71.4 Å². The van der Waals surface area contributed by atoms with Gasteiger partial charge in [0.15, 0.2) is 0 Å². The summed E-state index contributed by atoms with van der Waals surface area (Å²) in [5, 5.41) is 2.13. The maximum absolute atomic E-state index is 12.9. The lowest BCUT2D eigenvalue weighted by Gasteiger charge is -2.14. The highest BCUT2D eigenvalue weighted by Crippen LogP contribution is 2.30. The fraction of sp³-hybridized carbons (Fsp3) is 0.200. The second-order valence-corrected chi connectivity index (χ2v) is 7.72. The van der Waals surface area contributed by atoms with Crippen LogP contribution < -0.4 is 10.2 Å². The van der Waals surface area contributed by atoms with Crippen LogP contribution in [0.15, 0.2) is 54.6 Å². The molecular formula is C20H15F3N2O3S. The topological polar surface area (TPSA) is 60.3 Å². The summed E-state index contributed by atoms with van der Waals surface area (Å²) in [6.07, 6.45) is -4.18. The van der Waals surface area contributed by atoms with Crippen molar-refractivity contribution < 1.29 is 27.6 Å². The van der Waals surface area contributed by atoms with Crippen LogP contribution in [0.5, 0.6) is 0 Å². The summed E-state index contributed by atoms with van der Waals surface area (Å²) in [6, 6.07) is 14.1. The van der Waals surface area contributed by atoms with E-state index in [-0.39, 0.29) is 18.9 Å². The van der Waals surface area contributed by atoms with Crippen LogP contribution >= 0.6 is 11.8 Å². The Labute approximate surface area is 167 Å². The molecule has 0 radical (unpaired) electrons. The Morgan fingerprint density at radius 1 is 1.07 bits per heavy atom. The van der Waals surface area contributed by atoms with E-state index in [1.54, 1.807) is 6.07 Å². The fourth-order valence-electron chi connectivity index (χ4n) is 3.18. The molecule has 1 unspecified atom stereocenters. The molecule has 2 heterocycles. The van der Waals surface area contributed by atoms with Gasteiger partial charge in [-0.3, -0.25) is 14.9 Å². The molecule has 1 N–H and O–H groups in total. The van der Waals surface area contributed by atoms with Crippen LogP contribution in [0.25, 0.3) is 10.9 Å². The van der Waals surface area contributed by atoms with Gasteiger partial charge in [0.25, 0.3) is 5.24 Å². The van der Waals surface area contributed by atoms with Gasteiger partial charge in [-0.25, -0.2) is 0 Å². The molecular weight excluding hydrogens is 405 g/mol. The second-order valence-electron chi connectivity index (χ2n) is 6.55. The highest BCUT2D eigenvalue weighted by atomic mass is 32.2. The van der Waals surface area contributed by atoms with Crippen LogP contribution in [-0.2, 0) is 24.0 Å². The lowest BCUT2D eigenvalue weighted by atomic mass is 10.1. The summed E-state index contributed by atoms with van der Waals surface area (Å²) < 4.78 is 40.3. The summed E-state index contributed by atoms with van der Waals surface area (Å²) in [5.41, 5.74) is 1.00. The first-order chi connectivity index (χ1) is 13.8. The minimum atomic E-state index is -4.43. The van der Waals surface area contributed by atoms with Crippen molar-refractivity contribution in [1.82, 2.24) is 10.0 Å². The second kappa shape index (κ2) is 7.47. The molecule has 29 heavy (non-hydrogen) atoms. The van der Waals surface area contributed by atoms with E-state index in [2.05, 4.69) is 5.32 Å². The van der Waals surface area contributed by atoms with Gasteiger partial charge in [0.2, 0.25) is 5.91 Å². The van der Waals surface area contributed by atoms with Crippen molar-refractivity contribution in [2.75, 3.05) is 0 Å². The molecule has 150 valence electrons. The molecule has 1 aliphatic heterocycles. The number of fused-ring (bicyclic) bond motifs is 1. The number of hydrogen-bond donors (Lipinski definition) is 1. The van der Waals surface area contributed by atoms with Gasteiger partial charge in [0.1, 0.15) is 6.61 Å². The number of halogens is 3. The maximum atomic E-state index is 12.9. The van der Waals surface area contributed by atoms with Gasteiger partial charge < -0.3 is 4.84 Å². The average Bonchev–Trinajstić information content (AvgIpc) is 3.18. The molecule has 1 saturated heterocycles. The van der Waals surface area contributed by atoms with Crippen LogP contribution in [0.2, 0.25) is 0 Å². The summed E-state index contributed by atoms with van der Waals surface area (Å²) in [4.78, 5) is 29.2. The number of thioether (sulfide) groups is 1. The molecule has 1 atom stereocenters. The monoisotopic (exact) mass is 420 g/mol. The van der Waals surface area contributed by atoms with E-state index in [0.29, 0.717) is 11.3 Å². The maximum Gasteiger partial charge on any atom is 0.416 e. The standard InChI is InChI=1S/C20H15F3N2O3S/c21-20(22,23)14-6-3-4-12(8-14)11-28-25-15(9-13-5-1-2-7-16(13)25)10-17-18(26)24-19(27)29-17/h1-9,17H,10-11H2,(H,24,26,27). The third-order valence-corrected chi connectivity index (χ3v) is 5.50. The summed E-state index contributed by atoms with van der Waals surface area (Å²) in [5.74, 6) is -0.366. The van der Waals surface area contributed by atoms with E-state index < -0.39 is 22.2 Å². The fourth-order valence-corrected chi connectivity index (χ4v) is 4.01. The van der Waals surface area contributed by atoms with Crippen molar-refractivity contribution in [3.8, 4) is 0 Å². The minimum absolute atomic E-state index is 0.0848. The quantitative estimate of drug-likeness (QED) is 0.673. The van der Waals surface area contributed by atoms with Gasteiger partial charge in [-0.2, -0.15) is 17.9 Å². The normalized spacial score (nSPS) is 17.0. The van der Waals surface area contributed by atoms with Gasteiger partial charge in [-0.15, -0.1) is 0 Å². The molecule has 2 amide bonds. The first-order valence-corrected chi connectivity index (χ1v) is 9.59. The Morgan fingerprint density at radius 2 is 1.86 bits per heavy atom. The van der Waals surface area contributed by atoms with Gasteiger partial charge in [0, 0.05) is 11.8 Å². The van der Waals surface area contributed by atoms with Crippen molar-refractivity contribution >= 4 is 33.8 Å². The molecule has 0 aliphatic carbocycles. The molecule has 1 fully saturated rings. The zero-order valence-corrected chi connectivity index (χ0v) is 15.7. The van der Waals surface area contributed by atoms with E-state index in [1.807, 2.05) is 30.3 Å². The van der Waals surface area contributed by atoms with Gasteiger partial charge in [-0.1, -0.05) is 42.1 Å². The molecule has 9 heteroatoms. The molecule has 5 nitrogen and oxygen atoms in total.